The highest BCUT2D eigenvalue weighted by atomic mass is 35.5. The fourth-order valence-electron chi connectivity index (χ4n) is 2.83. The largest absolute Gasteiger partial charge is 0.375 e. The van der Waals surface area contributed by atoms with Crippen LogP contribution in [-0.2, 0) is 4.74 Å². The standard InChI is InChI=1S/C17H21ClN4O2/c1-12-9-15(20-22(12)16-6-3-2-5-14(16)18)17(23)21-7-4-8-24-13(10-19)11-21/h2-3,5-6,9,13H,4,7-8,10-11,19H2,1H3. The molecule has 0 saturated carbocycles. The maximum atomic E-state index is 12.8. The number of ether oxygens (including phenoxy) is 1. The van der Waals surface area contributed by atoms with Gasteiger partial charge in [0, 0.05) is 31.9 Å². The Kier molecular flexibility index (Phi) is 5.18. The first-order valence-electron chi connectivity index (χ1n) is 8.02. The van der Waals surface area contributed by atoms with Gasteiger partial charge in [-0.25, -0.2) is 4.68 Å². The van der Waals surface area contributed by atoms with Crippen LogP contribution < -0.4 is 5.73 Å². The topological polar surface area (TPSA) is 73.4 Å². The molecule has 6 nitrogen and oxygen atoms in total. The van der Waals surface area contributed by atoms with E-state index in [-0.39, 0.29) is 12.0 Å². The second kappa shape index (κ2) is 7.34. The molecule has 2 heterocycles. The molecule has 1 aliphatic heterocycles. The Morgan fingerprint density at radius 1 is 1.46 bits per heavy atom. The third kappa shape index (κ3) is 3.45. The number of amides is 1. The number of carbonyl (C=O) groups excluding carboxylic acids is 1. The Bertz CT molecular complexity index is 731. The number of hydrogen-bond acceptors (Lipinski definition) is 4. The molecule has 24 heavy (non-hydrogen) atoms. The van der Waals surface area contributed by atoms with Gasteiger partial charge in [-0.3, -0.25) is 4.79 Å². The van der Waals surface area contributed by atoms with Crippen LogP contribution in [0.2, 0.25) is 5.02 Å². The molecule has 128 valence electrons. The lowest BCUT2D eigenvalue weighted by Crippen LogP contribution is -2.40. The smallest absolute Gasteiger partial charge is 0.274 e. The van der Waals surface area contributed by atoms with E-state index >= 15 is 0 Å². The summed E-state index contributed by atoms with van der Waals surface area (Å²) >= 11 is 6.24. The lowest BCUT2D eigenvalue weighted by molar-refractivity contribution is 0.0517. The maximum Gasteiger partial charge on any atom is 0.274 e. The summed E-state index contributed by atoms with van der Waals surface area (Å²) in [5.74, 6) is -0.104. The number of hydrogen-bond donors (Lipinski definition) is 1. The van der Waals surface area contributed by atoms with Crippen molar-refractivity contribution in [2.45, 2.75) is 19.4 Å². The normalized spacial score (nSPS) is 18.5. The Morgan fingerprint density at radius 2 is 2.25 bits per heavy atom. The minimum Gasteiger partial charge on any atom is -0.375 e. The second-order valence-electron chi connectivity index (χ2n) is 5.87. The second-order valence-corrected chi connectivity index (χ2v) is 6.27. The summed E-state index contributed by atoms with van der Waals surface area (Å²) in [5, 5.41) is 5.06. The van der Waals surface area contributed by atoms with Crippen molar-refractivity contribution in [3.05, 3.63) is 46.7 Å². The predicted molar refractivity (Wildman–Crippen MR) is 92.6 cm³/mol. The summed E-state index contributed by atoms with van der Waals surface area (Å²) in [4.78, 5) is 14.6. The van der Waals surface area contributed by atoms with Crippen molar-refractivity contribution >= 4 is 17.5 Å². The fourth-order valence-corrected chi connectivity index (χ4v) is 3.05. The number of aromatic nitrogens is 2. The first-order chi connectivity index (χ1) is 11.6. The monoisotopic (exact) mass is 348 g/mol. The molecule has 3 rings (SSSR count). The number of aryl methyl sites for hydroxylation is 1. The molecule has 0 bridgehead atoms. The quantitative estimate of drug-likeness (QED) is 0.921. The van der Waals surface area contributed by atoms with Crippen LogP contribution in [0.15, 0.2) is 30.3 Å². The summed E-state index contributed by atoms with van der Waals surface area (Å²) in [6, 6.07) is 9.22. The van der Waals surface area contributed by atoms with Crippen LogP contribution >= 0.6 is 11.6 Å². The van der Waals surface area contributed by atoms with Crippen molar-refractivity contribution in [3.63, 3.8) is 0 Å². The molecule has 2 aromatic rings. The number of carbonyl (C=O) groups is 1. The van der Waals surface area contributed by atoms with Crippen LogP contribution in [-0.4, -0.2) is 52.9 Å². The summed E-state index contributed by atoms with van der Waals surface area (Å²) in [5.41, 5.74) is 7.72. The summed E-state index contributed by atoms with van der Waals surface area (Å²) in [6.45, 7) is 4.07. The minimum atomic E-state index is -0.122. The zero-order valence-corrected chi connectivity index (χ0v) is 14.4. The minimum absolute atomic E-state index is 0.104. The van der Waals surface area contributed by atoms with E-state index in [2.05, 4.69) is 5.10 Å². The van der Waals surface area contributed by atoms with Gasteiger partial charge in [-0.05, 0) is 31.5 Å². The van der Waals surface area contributed by atoms with Crippen LogP contribution in [0.3, 0.4) is 0 Å². The number of rotatable bonds is 3. The highest BCUT2D eigenvalue weighted by molar-refractivity contribution is 6.32. The first kappa shape index (κ1) is 17.0. The van der Waals surface area contributed by atoms with E-state index in [0.717, 1.165) is 17.8 Å². The van der Waals surface area contributed by atoms with Crippen molar-refractivity contribution in [1.82, 2.24) is 14.7 Å². The number of para-hydroxylation sites is 1. The molecule has 0 spiro atoms. The molecule has 1 fully saturated rings. The molecule has 0 radical (unpaired) electrons. The molecule has 7 heteroatoms. The van der Waals surface area contributed by atoms with E-state index in [1.165, 1.54) is 0 Å². The van der Waals surface area contributed by atoms with Crippen molar-refractivity contribution in [3.8, 4) is 5.69 Å². The fraction of sp³-hybridized carbons (Fsp3) is 0.412. The van der Waals surface area contributed by atoms with Crippen molar-refractivity contribution in [1.29, 1.82) is 0 Å². The molecule has 0 aliphatic carbocycles. The lowest BCUT2D eigenvalue weighted by atomic mass is 10.2. The van der Waals surface area contributed by atoms with E-state index in [9.17, 15) is 4.79 Å². The third-order valence-electron chi connectivity index (χ3n) is 4.09. The van der Waals surface area contributed by atoms with Gasteiger partial charge >= 0.3 is 0 Å². The van der Waals surface area contributed by atoms with Crippen molar-refractivity contribution in [2.75, 3.05) is 26.2 Å². The van der Waals surface area contributed by atoms with Crippen LogP contribution in [0.25, 0.3) is 5.69 Å². The van der Waals surface area contributed by atoms with Gasteiger partial charge in [0.1, 0.15) is 0 Å². The molecular weight excluding hydrogens is 328 g/mol. The highest BCUT2D eigenvalue weighted by Gasteiger charge is 2.25. The SMILES string of the molecule is Cc1cc(C(=O)N2CCCOC(CN)C2)nn1-c1ccccc1Cl. The van der Waals surface area contributed by atoms with Gasteiger partial charge in [0.05, 0.1) is 16.8 Å². The van der Waals surface area contributed by atoms with Gasteiger partial charge in [-0.2, -0.15) is 5.10 Å². The molecular formula is C17H21ClN4O2. The maximum absolute atomic E-state index is 12.8. The van der Waals surface area contributed by atoms with Crippen LogP contribution in [0.1, 0.15) is 22.6 Å². The molecule has 1 aromatic carbocycles. The molecule has 1 atom stereocenters. The van der Waals surface area contributed by atoms with Gasteiger partial charge in [0.15, 0.2) is 5.69 Å². The van der Waals surface area contributed by atoms with Crippen LogP contribution in [0, 0.1) is 6.92 Å². The van der Waals surface area contributed by atoms with Gasteiger partial charge in [-0.1, -0.05) is 23.7 Å². The van der Waals surface area contributed by atoms with Crippen LogP contribution in [0.4, 0.5) is 0 Å². The van der Waals surface area contributed by atoms with Gasteiger partial charge in [0.25, 0.3) is 5.91 Å². The third-order valence-corrected chi connectivity index (χ3v) is 4.41. The van der Waals surface area contributed by atoms with Gasteiger partial charge in [0.2, 0.25) is 0 Å². The Labute approximate surface area is 146 Å². The van der Waals surface area contributed by atoms with E-state index in [4.69, 9.17) is 22.1 Å². The van der Waals surface area contributed by atoms with Gasteiger partial charge < -0.3 is 15.4 Å². The van der Waals surface area contributed by atoms with Crippen molar-refractivity contribution in [2.24, 2.45) is 5.73 Å². The predicted octanol–water partition coefficient (Wildman–Crippen LogP) is 2.02. The Balaban J connectivity index is 1.86. The number of nitrogens with two attached hydrogens (primary N) is 1. The molecule has 1 aliphatic rings. The summed E-state index contributed by atoms with van der Waals surface area (Å²) < 4.78 is 7.32. The summed E-state index contributed by atoms with van der Waals surface area (Å²) in [7, 11) is 0. The number of halogens is 1. The number of nitrogens with zero attached hydrogens (tertiary/aromatic N) is 3. The highest BCUT2D eigenvalue weighted by Crippen LogP contribution is 2.22. The van der Waals surface area contributed by atoms with E-state index in [1.54, 1.807) is 21.7 Å². The Morgan fingerprint density at radius 3 is 3.00 bits per heavy atom. The molecule has 1 unspecified atom stereocenters. The Hall–Kier alpha value is -1.89. The van der Waals surface area contributed by atoms with E-state index in [1.807, 2.05) is 25.1 Å². The zero-order valence-electron chi connectivity index (χ0n) is 13.6. The lowest BCUT2D eigenvalue weighted by Gasteiger charge is -2.22. The average molecular weight is 349 g/mol. The molecule has 1 aromatic heterocycles. The van der Waals surface area contributed by atoms with Gasteiger partial charge in [-0.15, -0.1) is 0 Å². The average Bonchev–Trinajstić information content (AvgIpc) is 2.82. The van der Waals surface area contributed by atoms with Crippen LogP contribution in [0.5, 0.6) is 0 Å². The molecule has 1 amide bonds. The van der Waals surface area contributed by atoms with E-state index in [0.29, 0.717) is 37.0 Å². The zero-order chi connectivity index (χ0) is 17.1. The number of benzene rings is 1. The van der Waals surface area contributed by atoms with E-state index < -0.39 is 0 Å². The van der Waals surface area contributed by atoms with Crippen molar-refractivity contribution < 1.29 is 9.53 Å². The first-order valence-corrected chi connectivity index (χ1v) is 8.40. The molecule has 1 saturated heterocycles. The summed E-state index contributed by atoms with van der Waals surface area (Å²) in [6.07, 6.45) is 0.676. The molecule has 2 N–H and O–H groups in total.